The molecule has 0 atom stereocenters. The Bertz CT molecular complexity index is 751. The molecule has 3 nitrogen and oxygen atoms in total. The van der Waals surface area contributed by atoms with Gasteiger partial charge in [-0.15, -0.1) is 0 Å². The Hall–Kier alpha value is -1.99. The normalized spacial score (nSPS) is 10.5. The summed E-state index contributed by atoms with van der Waals surface area (Å²) < 4.78 is 53.7. The van der Waals surface area contributed by atoms with Gasteiger partial charge in [0, 0.05) is 5.56 Å². The van der Waals surface area contributed by atoms with Crippen LogP contribution in [0, 0.1) is 23.3 Å². The number of urea groups is 1. The molecular formula is C14H8Cl2F4N2O. The molecule has 0 aliphatic rings. The van der Waals surface area contributed by atoms with Gasteiger partial charge in [-0.2, -0.15) is 0 Å². The molecule has 2 aromatic rings. The Kier molecular flexibility index (Phi) is 5.33. The third-order valence-corrected chi connectivity index (χ3v) is 3.45. The van der Waals surface area contributed by atoms with E-state index >= 15 is 0 Å². The van der Waals surface area contributed by atoms with Gasteiger partial charge in [-0.3, -0.25) is 0 Å². The van der Waals surface area contributed by atoms with Crippen LogP contribution in [-0.4, -0.2) is 6.03 Å². The van der Waals surface area contributed by atoms with Gasteiger partial charge in [0.2, 0.25) is 0 Å². The van der Waals surface area contributed by atoms with Crippen molar-refractivity contribution in [2.24, 2.45) is 0 Å². The molecule has 0 fully saturated rings. The van der Waals surface area contributed by atoms with Crippen molar-refractivity contribution in [1.29, 1.82) is 0 Å². The number of amides is 2. The molecule has 0 heterocycles. The molecule has 2 aromatic carbocycles. The molecule has 2 amide bonds. The summed E-state index contributed by atoms with van der Waals surface area (Å²) in [6.45, 7) is -0.478. The van der Waals surface area contributed by atoms with E-state index in [0.717, 1.165) is 18.2 Å². The van der Waals surface area contributed by atoms with Gasteiger partial charge in [-0.1, -0.05) is 29.3 Å². The second kappa shape index (κ2) is 7.06. The van der Waals surface area contributed by atoms with Gasteiger partial charge in [0.15, 0.2) is 11.6 Å². The lowest BCUT2D eigenvalue weighted by atomic mass is 10.2. The van der Waals surface area contributed by atoms with Gasteiger partial charge in [0.05, 0.1) is 17.3 Å². The lowest BCUT2D eigenvalue weighted by Gasteiger charge is -2.11. The number of carbonyl (C=O) groups excluding carboxylic acids is 1. The molecule has 0 saturated carbocycles. The summed E-state index contributed by atoms with van der Waals surface area (Å²) in [7, 11) is 0. The van der Waals surface area contributed by atoms with E-state index in [2.05, 4.69) is 5.32 Å². The van der Waals surface area contributed by atoms with Crippen LogP contribution in [0.25, 0.3) is 0 Å². The molecule has 2 rings (SSSR count). The highest BCUT2D eigenvalue weighted by atomic mass is 35.5. The summed E-state index contributed by atoms with van der Waals surface area (Å²) in [6, 6.07) is 3.06. The van der Waals surface area contributed by atoms with Crippen molar-refractivity contribution in [3.8, 4) is 0 Å². The highest BCUT2D eigenvalue weighted by Crippen LogP contribution is 2.31. The van der Waals surface area contributed by atoms with Gasteiger partial charge in [-0.25, -0.2) is 22.4 Å². The second-order valence-electron chi connectivity index (χ2n) is 4.36. The molecule has 0 spiro atoms. The topological polar surface area (TPSA) is 41.1 Å². The van der Waals surface area contributed by atoms with Crippen LogP contribution in [0.1, 0.15) is 5.56 Å². The third kappa shape index (κ3) is 3.86. The molecule has 0 aromatic heterocycles. The third-order valence-electron chi connectivity index (χ3n) is 2.84. The summed E-state index contributed by atoms with van der Waals surface area (Å²) >= 11 is 10.9. The van der Waals surface area contributed by atoms with Crippen LogP contribution < -0.4 is 10.6 Å². The van der Waals surface area contributed by atoms with Crippen molar-refractivity contribution < 1.29 is 22.4 Å². The molecule has 0 saturated heterocycles. The predicted molar refractivity (Wildman–Crippen MR) is 78.6 cm³/mol. The van der Waals surface area contributed by atoms with Gasteiger partial charge in [0.25, 0.3) is 0 Å². The monoisotopic (exact) mass is 366 g/mol. The lowest BCUT2D eigenvalue weighted by molar-refractivity contribution is 0.251. The minimum atomic E-state index is -1.22. The maximum absolute atomic E-state index is 13.7. The molecule has 122 valence electrons. The molecule has 0 aliphatic heterocycles. The summed E-state index contributed by atoms with van der Waals surface area (Å²) in [4.78, 5) is 11.7. The highest BCUT2D eigenvalue weighted by Gasteiger charge is 2.18. The van der Waals surface area contributed by atoms with Gasteiger partial charge < -0.3 is 10.6 Å². The zero-order valence-electron chi connectivity index (χ0n) is 11.2. The van der Waals surface area contributed by atoms with Crippen LogP contribution >= 0.6 is 23.2 Å². The van der Waals surface area contributed by atoms with E-state index in [-0.39, 0.29) is 5.56 Å². The first-order valence-electron chi connectivity index (χ1n) is 6.12. The smallest absolute Gasteiger partial charge is 0.319 e. The number of nitrogens with one attached hydrogen (secondary N) is 2. The zero-order chi connectivity index (χ0) is 17.1. The Labute approximate surface area is 138 Å². The van der Waals surface area contributed by atoms with Crippen LogP contribution in [0.15, 0.2) is 24.3 Å². The maximum atomic E-state index is 13.7. The number of rotatable bonds is 3. The van der Waals surface area contributed by atoms with Crippen molar-refractivity contribution in [3.63, 3.8) is 0 Å². The van der Waals surface area contributed by atoms with E-state index in [1.165, 1.54) is 6.07 Å². The molecule has 0 radical (unpaired) electrons. The van der Waals surface area contributed by atoms with Crippen molar-refractivity contribution in [2.75, 3.05) is 5.32 Å². The number of benzene rings is 2. The van der Waals surface area contributed by atoms with Crippen LogP contribution in [-0.2, 0) is 6.54 Å². The molecule has 0 unspecified atom stereocenters. The fourth-order valence-electron chi connectivity index (χ4n) is 1.70. The van der Waals surface area contributed by atoms with Crippen molar-refractivity contribution >= 4 is 34.9 Å². The SMILES string of the molecule is O=C(NCc1c(F)cccc1F)Nc1cc(Cl)c(F)c(Cl)c1F. The second-order valence-corrected chi connectivity index (χ2v) is 5.14. The van der Waals surface area contributed by atoms with Crippen LogP contribution in [0.4, 0.5) is 28.0 Å². The number of carbonyl (C=O) groups is 1. The van der Waals surface area contributed by atoms with Crippen molar-refractivity contribution in [3.05, 3.63) is 63.1 Å². The average Bonchev–Trinajstić information content (AvgIpc) is 2.50. The van der Waals surface area contributed by atoms with E-state index in [4.69, 9.17) is 23.2 Å². The van der Waals surface area contributed by atoms with Crippen molar-refractivity contribution in [2.45, 2.75) is 6.54 Å². The molecule has 0 aliphatic carbocycles. The minimum Gasteiger partial charge on any atom is -0.334 e. The predicted octanol–water partition coefficient (Wildman–Crippen LogP) is 4.87. The van der Waals surface area contributed by atoms with Crippen LogP contribution in [0.2, 0.25) is 10.0 Å². The van der Waals surface area contributed by atoms with E-state index in [0.29, 0.717) is 0 Å². The van der Waals surface area contributed by atoms with Gasteiger partial charge >= 0.3 is 6.03 Å². The first-order chi connectivity index (χ1) is 10.8. The zero-order valence-corrected chi connectivity index (χ0v) is 12.7. The van der Waals surface area contributed by atoms with Gasteiger partial charge in [0.1, 0.15) is 16.7 Å². The average molecular weight is 367 g/mol. The first-order valence-corrected chi connectivity index (χ1v) is 6.87. The summed E-state index contributed by atoms with van der Waals surface area (Å²) in [6.07, 6.45) is 0. The fourth-order valence-corrected chi connectivity index (χ4v) is 2.16. The Balaban J connectivity index is 2.09. The summed E-state index contributed by atoms with van der Waals surface area (Å²) in [5.41, 5.74) is -0.841. The van der Waals surface area contributed by atoms with E-state index in [9.17, 15) is 22.4 Å². The Morgan fingerprint density at radius 1 is 1.04 bits per heavy atom. The van der Waals surface area contributed by atoms with E-state index in [1.54, 1.807) is 0 Å². The summed E-state index contributed by atoms with van der Waals surface area (Å²) in [5, 5.41) is 2.78. The molecule has 0 bridgehead atoms. The maximum Gasteiger partial charge on any atom is 0.319 e. The molecule has 23 heavy (non-hydrogen) atoms. The quantitative estimate of drug-likeness (QED) is 0.454. The fraction of sp³-hybridized carbons (Fsp3) is 0.0714. The Morgan fingerprint density at radius 2 is 1.65 bits per heavy atom. The van der Waals surface area contributed by atoms with Crippen LogP contribution in [0.5, 0.6) is 0 Å². The first kappa shape index (κ1) is 17.4. The molecular weight excluding hydrogens is 359 g/mol. The van der Waals surface area contributed by atoms with Crippen molar-refractivity contribution in [1.82, 2.24) is 5.32 Å². The molecule has 9 heteroatoms. The number of anilines is 1. The molecule has 2 N–H and O–H groups in total. The minimum absolute atomic E-state index is 0.363. The number of hydrogen-bond acceptors (Lipinski definition) is 1. The standard InChI is InChI=1S/C14H8Cl2F4N2O/c15-7-4-10(13(20)11(16)12(7)19)22-14(23)21-5-6-8(17)2-1-3-9(6)18/h1-4H,5H2,(H2,21,22,23). The number of halogens is 6. The number of hydrogen-bond donors (Lipinski definition) is 2. The Morgan fingerprint density at radius 3 is 2.26 bits per heavy atom. The highest BCUT2D eigenvalue weighted by molar-refractivity contribution is 6.35. The van der Waals surface area contributed by atoms with E-state index < -0.39 is 51.6 Å². The van der Waals surface area contributed by atoms with Gasteiger partial charge in [-0.05, 0) is 18.2 Å². The van der Waals surface area contributed by atoms with E-state index in [1.807, 2.05) is 5.32 Å². The largest absolute Gasteiger partial charge is 0.334 e. The summed E-state index contributed by atoms with van der Waals surface area (Å²) in [5.74, 6) is -4.07. The lowest BCUT2D eigenvalue weighted by Crippen LogP contribution is -2.29. The van der Waals surface area contributed by atoms with Crippen LogP contribution in [0.3, 0.4) is 0 Å².